The second kappa shape index (κ2) is 11.8. The molecule has 0 spiro atoms. The van der Waals surface area contributed by atoms with Crippen molar-refractivity contribution in [2.24, 2.45) is 0 Å². The molecule has 0 heterocycles. The van der Waals surface area contributed by atoms with E-state index in [0.29, 0.717) is 16.4 Å². The predicted molar refractivity (Wildman–Crippen MR) is 128 cm³/mol. The molecule has 1 rings (SSSR count). The van der Waals surface area contributed by atoms with Crippen LogP contribution in [-0.4, -0.2) is 77.4 Å². The monoisotopic (exact) mass is 731 g/mol. The summed E-state index contributed by atoms with van der Waals surface area (Å²) in [4.78, 5) is 38.6. The number of anilines is 1. The number of carbonyl (C=O) groups is 3. The Morgan fingerprint density at radius 1 is 1.07 bits per heavy atom. The van der Waals surface area contributed by atoms with Gasteiger partial charge in [0.05, 0.1) is 43.3 Å². The van der Waals surface area contributed by atoms with Crippen molar-refractivity contribution in [3.05, 3.63) is 21.8 Å². The number of nitrogens with one attached hydrogen (secondary N) is 2. The van der Waals surface area contributed by atoms with E-state index in [4.69, 9.17) is 10.2 Å². The second-order valence-corrected chi connectivity index (χ2v) is 8.98. The third-order valence-electron chi connectivity index (χ3n) is 3.55. The largest absolute Gasteiger partial charge is 0.395 e. The van der Waals surface area contributed by atoms with Crippen molar-refractivity contribution in [3.8, 4) is 0 Å². The van der Waals surface area contributed by atoms with E-state index in [1.165, 1.54) is 18.9 Å². The molecular formula is C16H20I3N3O6. The smallest absolute Gasteiger partial charge is 0.255 e. The fourth-order valence-electron chi connectivity index (χ4n) is 2.14. The molecule has 0 aliphatic rings. The summed E-state index contributed by atoms with van der Waals surface area (Å²) in [7, 11) is 1.53. The first kappa shape index (κ1) is 25.7. The zero-order valence-corrected chi connectivity index (χ0v) is 21.5. The Kier molecular flexibility index (Phi) is 10.8. The molecule has 1 atom stereocenters. The highest BCUT2D eigenvalue weighted by atomic mass is 127. The Morgan fingerprint density at radius 2 is 1.64 bits per heavy atom. The first-order valence-corrected chi connectivity index (χ1v) is 11.2. The standard InChI is InChI=1S/C16H20I3N3O6/c1-7(25)21-14-12(18)9(15(27)20-5-8(26)6-24)11(17)10(13(14)19)16(28)22(2)3-4-23/h8,23-24,26H,3-6H2,1-2H3,(H,20,27)(H,21,25). The van der Waals surface area contributed by atoms with Gasteiger partial charge < -0.3 is 30.9 Å². The van der Waals surface area contributed by atoms with Gasteiger partial charge in [0.2, 0.25) is 5.91 Å². The van der Waals surface area contributed by atoms with Gasteiger partial charge in [-0.2, -0.15) is 0 Å². The molecule has 1 aromatic rings. The Balaban J connectivity index is 3.57. The van der Waals surface area contributed by atoms with Crippen LogP contribution in [0.2, 0.25) is 0 Å². The van der Waals surface area contributed by atoms with Crippen LogP contribution in [0.25, 0.3) is 0 Å². The van der Waals surface area contributed by atoms with E-state index in [0.717, 1.165) is 0 Å². The first-order chi connectivity index (χ1) is 13.1. The summed E-state index contributed by atoms with van der Waals surface area (Å²) in [6.45, 7) is 0.535. The molecule has 0 bridgehead atoms. The van der Waals surface area contributed by atoms with Crippen molar-refractivity contribution < 1.29 is 29.7 Å². The normalized spacial score (nSPS) is 11.7. The van der Waals surface area contributed by atoms with Gasteiger partial charge in [-0.05, 0) is 67.8 Å². The minimum absolute atomic E-state index is 0.108. The molecule has 1 aromatic carbocycles. The predicted octanol–water partition coefficient (Wildman–Crippen LogP) is 0.606. The zero-order chi connectivity index (χ0) is 21.6. The molecule has 0 aliphatic carbocycles. The van der Waals surface area contributed by atoms with Gasteiger partial charge in [-0.3, -0.25) is 14.4 Å². The van der Waals surface area contributed by atoms with Crippen LogP contribution in [0.4, 0.5) is 5.69 Å². The van der Waals surface area contributed by atoms with E-state index in [1.807, 2.05) is 67.8 Å². The Morgan fingerprint density at radius 3 is 2.14 bits per heavy atom. The summed E-state index contributed by atoms with van der Waals surface area (Å²) < 4.78 is 1.30. The number of halogens is 3. The molecule has 1 unspecified atom stereocenters. The van der Waals surface area contributed by atoms with Crippen LogP contribution in [0.15, 0.2) is 0 Å². The maximum atomic E-state index is 12.9. The zero-order valence-electron chi connectivity index (χ0n) is 15.1. The number of benzene rings is 1. The van der Waals surface area contributed by atoms with E-state index in [9.17, 15) is 19.5 Å². The molecule has 9 nitrogen and oxygen atoms in total. The van der Waals surface area contributed by atoms with Crippen LogP contribution in [0.3, 0.4) is 0 Å². The summed E-state index contributed by atoms with van der Waals surface area (Å²) in [6, 6.07) is 0. The molecule has 0 saturated carbocycles. The second-order valence-electron chi connectivity index (χ2n) is 5.74. The lowest BCUT2D eigenvalue weighted by Crippen LogP contribution is -2.36. The highest BCUT2D eigenvalue weighted by Crippen LogP contribution is 2.36. The Hall–Kier alpha value is -0.300. The highest BCUT2D eigenvalue weighted by Gasteiger charge is 2.29. The molecule has 0 fully saturated rings. The maximum absolute atomic E-state index is 12.9. The van der Waals surface area contributed by atoms with Gasteiger partial charge in [0.15, 0.2) is 0 Å². The number of rotatable bonds is 8. The molecule has 5 N–H and O–H groups in total. The molecule has 0 saturated heterocycles. The third kappa shape index (κ3) is 6.35. The fraction of sp³-hybridized carbons (Fsp3) is 0.438. The van der Waals surface area contributed by atoms with Crippen molar-refractivity contribution in [2.45, 2.75) is 13.0 Å². The van der Waals surface area contributed by atoms with Crippen LogP contribution in [-0.2, 0) is 4.79 Å². The Labute approximate surface area is 203 Å². The third-order valence-corrected chi connectivity index (χ3v) is 6.79. The SMILES string of the molecule is CC(=O)Nc1c(I)c(C(=O)NCC(O)CO)c(I)c(C(=O)N(C)CCO)c1I. The van der Waals surface area contributed by atoms with Crippen LogP contribution in [0.1, 0.15) is 27.6 Å². The van der Waals surface area contributed by atoms with Crippen LogP contribution >= 0.6 is 67.8 Å². The van der Waals surface area contributed by atoms with Gasteiger partial charge in [-0.15, -0.1) is 0 Å². The molecule has 156 valence electrons. The molecular weight excluding hydrogens is 711 g/mol. The quantitative estimate of drug-likeness (QED) is 0.249. The number of hydrogen-bond acceptors (Lipinski definition) is 6. The van der Waals surface area contributed by atoms with Crippen molar-refractivity contribution in [3.63, 3.8) is 0 Å². The molecule has 0 aromatic heterocycles. The maximum Gasteiger partial charge on any atom is 0.255 e. The number of aliphatic hydroxyl groups excluding tert-OH is 3. The minimum atomic E-state index is -1.12. The van der Waals surface area contributed by atoms with Crippen molar-refractivity contribution in [2.75, 3.05) is 38.7 Å². The van der Waals surface area contributed by atoms with E-state index in [1.54, 1.807) is 0 Å². The van der Waals surface area contributed by atoms with Crippen molar-refractivity contribution in [1.82, 2.24) is 10.2 Å². The van der Waals surface area contributed by atoms with Gasteiger partial charge in [0, 0.05) is 30.6 Å². The molecule has 28 heavy (non-hydrogen) atoms. The summed E-state index contributed by atoms with van der Waals surface area (Å²) in [5.74, 6) is -1.32. The fourth-order valence-corrected chi connectivity index (χ4v) is 6.53. The van der Waals surface area contributed by atoms with Crippen LogP contribution < -0.4 is 10.6 Å². The van der Waals surface area contributed by atoms with E-state index in [-0.39, 0.29) is 36.7 Å². The minimum Gasteiger partial charge on any atom is -0.395 e. The van der Waals surface area contributed by atoms with E-state index in [2.05, 4.69) is 10.6 Å². The molecule has 0 aliphatic heterocycles. The highest BCUT2D eigenvalue weighted by molar-refractivity contribution is 14.1. The lowest BCUT2D eigenvalue weighted by atomic mass is 10.1. The number of carbonyl (C=O) groups excluding carboxylic acids is 3. The molecule has 0 radical (unpaired) electrons. The first-order valence-electron chi connectivity index (χ1n) is 7.98. The number of likely N-dealkylation sites (N-methyl/N-ethyl adjacent to an activating group) is 1. The molecule has 3 amide bonds. The number of amides is 3. The van der Waals surface area contributed by atoms with E-state index >= 15 is 0 Å². The Bertz CT molecular complexity index is 775. The van der Waals surface area contributed by atoms with Gasteiger partial charge in [-0.1, -0.05) is 0 Å². The lowest BCUT2D eigenvalue weighted by Gasteiger charge is -2.22. The van der Waals surface area contributed by atoms with Gasteiger partial charge in [0.1, 0.15) is 0 Å². The van der Waals surface area contributed by atoms with E-state index < -0.39 is 24.5 Å². The van der Waals surface area contributed by atoms with Crippen molar-refractivity contribution in [1.29, 1.82) is 0 Å². The molecule has 12 heteroatoms. The number of hydrogen-bond donors (Lipinski definition) is 5. The van der Waals surface area contributed by atoms with Crippen molar-refractivity contribution >= 4 is 91.2 Å². The summed E-state index contributed by atoms with van der Waals surface area (Å²) in [5, 5.41) is 32.7. The average molecular weight is 731 g/mol. The van der Waals surface area contributed by atoms with Crippen LogP contribution in [0, 0.1) is 10.7 Å². The summed E-state index contributed by atoms with van der Waals surface area (Å²) in [6.07, 6.45) is -1.12. The summed E-state index contributed by atoms with van der Waals surface area (Å²) in [5.41, 5.74) is 0.744. The summed E-state index contributed by atoms with van der Waals surface area (Å²) >= 11 is 5.76. The van der Waals surface area contributed by atoms with Gasteiger partial charge >= 0.3 is 0 Å². The lowest BCUT2D eigenvalue weighted by molar-refractivity contribution is -0.114. The topological polar surface area (TPSA) is 139 Å². The number of nitrogens with zero attached hydrogens (tertiary/aromatic N) is 1. The number of aliphatic hydroxyl groups is 3. The van der Waals surface area contributed by atoms with Crippen LogP contribution in [0.5, 0.6) is 0 Å². The average Bonchev–Trinajstić information content (AvgIpc) is 2.63. The van der Waals surface area contributed by atoms with Gasteiger partial charge in [-0.25, -0.2) is 0 Å². The van der Waals surface area contributed by atoms with Gasteiger partial charge in [0.25, 0.3) is 11.8 Å².